The highest BCUT2D eigenvalue weighted by Crippen LogP contribution is 2.19. The highest BCUT2D eigenvalue weighted by atomic mass is 79.9. The fourth-order valence-corrected chi connectivity index (χ4v) is 3.08. The molecule has 1 heterocycles. The second kappa shape index (κ2) is 6.00. The number of rotatable bonds is 3. The molecule has 0 aromatic heterocycles. The Bertz CT molecular complexity index is 684. The Kier molecular flexibility index (Phi) is 4.08. The zero-order chi connectivity index (χ0) is 14.8. The Morgan fingerprint density at radius 2 is 2.00 bits per heavy atom. The molecule has 4 heteroatoms. The molecule has 0 saturated heterocycles. The summed E-state index contributed by atoms with van der Waals surface area (Å²) in [4.78, 5) is 14.3. The molecule has 1 N–H and O–H groups in total. The van der Waals surface area contributed by atoms with E-state index in [-0.39, 0.29) is 5.91 Å². The van der Waals surface area contributed by atoms with Crippen molar-refractivity contribution in [2.24, 2.45) is 0 Å². The summed E-state index contributed by atoms with van der Waals surface area (Å²) in [6.45, 7) is 2.36. The van der Waals surface area contributed by atoms with Crippen LogP contribution in [0.15, 0.2) is 46.9 Å². The predicted octanol–water partition coefficient (Wildman–Crippen LogP) is 3.32. The van der Waals surface area contributed by atoms with E-state index in [0.717, 1.165) is 28.7 Å². The van der Waals surface area contributed by atoms with E-state index in [4.69, 9.17) is 0 Å². The minimum absolute atomic E-state index is 0.0599. The zero-order valence-corrected chi connectivity index (χ0v) is 13.5. The minimum Gasteiger partial charge on any atom is -0.337 e. The van der Waals surface area contributed by atoms with Gasteiger partial charge in [-0.1, -0.05) is 34.1 Å². The average Bonchev–Trinajstić information content (AvgIpc) is 2.93. The van der Waals surface area contributed by atoms with E-state index < -0.39 is 0 Å². The molecule has 1 aliphatic rings. The first-order valence-electron chi connectivity index (χ1n) is 6.96. The molecule has 0 unspecified atom stereocenters. The smallest absolute Gasteiger partial charge is 0.253 e. The van der Waals surface area contributed by atoms with Gasteiger partial charge in [-0.25, -0.2) is 0 Å². The van der Waals surface area contributed by atoms with Gasteiger partial charge in [0, 0.05) is 36.7 Å². The van der Waals surface area contributed by atoms with E-state index in [0.29, 0.717) is 6.54 Å². The number of carbonyl (C=O) groups is 1. The van der Waals surface area contributed by atoms with Gasteiger partial charge in [-0.05, 0) is 41.0 Å². The van der Waals surface area contributed by atoms with Crippen LogP contribution in [0.4, 0.5) is 0 Å². The molecule has 1 amide bonds. The van der Waals surface area contributed by atoms with Crippen LogP contribution < -0.4 is 5.32 Å². The van der Waals surface area contributed by atoms with Crippen LogP contribution in [0.5, 0.6) is 0 Å². The van der Waals surface area contributed by atoms with Crippen LogP contribution >= 0.6 is 15.9 Å². The number of halogens is 1. The number of nitrogens with one attached hydrogen (secondary N) is 1. The largest absolute Gasteiger partial charge is 0.337 e. The van der Waals surface area contributed by atoms with E-state index >= 15 is 0 Å². The number of amides is 1. The first-order valence-corrected chi connectivity index (χ1v) is 7.75. The van der Waals surface area contributed by atoms with E-state index in [9.17, 15) is 4.79 Å². The van der Waals surface area contributed by atoms with Gasteiger partial charge >= 0.3 is 0 Å². The van der Waals surface area contributed by atoms with Gasteiger partial charge in [-0.2, -0.15) is 0 Å². The van der Waals surface area contributed by atoms with Crippen molar-refractivity contribution in [3.63, 3.8) is 0 Å². The second-order valence-corrected chi connectivity index (χ2v) is 6.29. The quantitative estimate of drug-likeness (QED) is 0.926. The lowest BCUT2D eigenvalue weighted by atomic mass is 10.1. The van der Waals surface area contributed by atoms with Gasteiger partial charge in [0.1, 0.15) is 0 Å². The molecule has 0 fully saturated rings. The fraction of sp³-hybridized carbons (Fsp3) is 0.235. The van der Waals surface area contributed by atoms with Gasteiger partial charge in [0.2, 0.25) is 0 Å². The van der Waals surface area contributed by atoms with E-state index in [2.05, 4.69) is 27.3 Å². The fourth-order valence-electron chi connectivity index (χ4n) is 2.63. The highest BCUT2D eigenvalue weighted by molar-refractivity contribution is 9.10. The lowest BCUT2D eigenvalue weighted by Crippen LogP contribution is -2.26. The number of hydrogen-bond acceptors (Lipinski definition) is 2. The second-order valence-electron chi connectivity index (χ2n) is 5.38. The SMILES string of the molecule is CN(Cc1cccc(Br)c1)C(=O)c1ccc2c(c1)CNC2. The molecule has 0 radical (unpaired) electrons. The van der Waals surface area contributed by atoms with Crippen LogP contribution in [0, 0.1) is 0 Å². The predicted molar refractivity (Wildman–Crippen MR) is 86.9 cm³/mol. The number of carbonyl (C=O) groups excluding carboxylic acids is 1. The Morgan fingerprint density at radius 1 is 1.19 bits per heavy atom. The number of benzene rings is 2. The van der Waals surface area contributed by atoms with Crippen LogP contribution in [0.1, 0.15) is 27.0 Å². The van der Waals surface area contributed by atoms with Gasteiger partial charge < -0.3 is 10.2 Å². The third-order valence-corrected chi connectivity index (χ3v) is 4.23. The van der Waals surface area contributed by atoms with Crippen molar-refractivity contribution in [2.45, 2.75) is 19.6 Å². The van der Waals surface area contributed by atoms with E-state index in [1.165, 1.54) is 11.1 Å². The number of hydrogen-bond donors (Lipinski definition) is 1. The maximum atomic E-state index is 12.5. The van der Waals surface area contributed by atoms with Crippen LogP contribution in [0.3, 0.4) is 0 Å². The molecular formula is C17H17BrN2O. The molecule has 0 atom stereocenters. The van der Waals surface area contributed by atoms with Crippen molar-refractivity contribution in [2.75, 3.05) is 7.05 Å². The monoisotopic (exact) mass is 344 g/mol. The highest BCUT2D eigenvalue weighted by Gasteiger charge is 2.16. The van der Waals surface area contributed by atoms with Gasteiger partial charge in [0.25, 0.3) is 5.91 Å². The van der Waals surface area contributed by atoms with Crippen molar-refractivity contribution in [1.82, 2.24) is 10.2 Å². The van der Waals surface area contributed by atoms with Crippen LogP contribution in [-0.4, -0.2) is 17.9 Å². The normalized spacial score (nSPS) is 13.0. The summed E-state index contributed by atoms with van der Waals surface area (Å²) < 4.78 is 1.03. The number of fused-ring (bicyclic) bond motifs is 1. The summed E-state index contributed by atoms with van der Waals surface area (Å²) >= 11 is 3.46. The Labute approximate surface area is 133 Å². The standard InChI is InChI=1S/C17H17BrN2O/c1-20(11-12-3-2-4-16(18)7-12)17(21)13-5-6-14-9-19-10-15(14)8-13/h2-8,19H,9-11H2,1H3. The third-order valence-electron chi connectivity index (χ3n) is 3.74. The Morgan fingerprint density at radius 3 is 2.81 bits per heavy atom. The van der Waals surface area contributed by atoms with Gasteiger partial charge in [0.15, 0.2) is 0 Å². The maximum absolute atomic E-state index is 12.5. The van der Waals surface area contributed by atoms with Crippen LogP contribution in [0.25, 0.3) is 0 Å². The zero-order valence-electron chi connectivity index (χ0n) is 11.9. The molecule has 0 spiro atoms. The topological polar surface area (TPSA) is 32.3 Å². The summed E-state index contributed by atoms with van der Waals surface area (Å²) in [6, 6.07) is 14.0. The lowest BCUT2D eigenvalue weighted by Gasteiger charge is -2.18. The molecule has 2 aromatic rings. The molecule has 0 bridgehead atoms. The van der Waals surface area contributed by atoms with Gasteiger partial charge in [-0.15, -0.1) is 0 Å². The molecule has 21 heavy (non-hydrogen) atoms. The summed E-state index contributed by atoms with van der Waals surface area (Å²) in [6.07, 6.45) is 0. The maximum Gasteiger partial charge on any atom is 0.253 e. The number of nitrogens with zero attached hydrogens (tertiary/aromatic N) is 1. The molecule has 108 valence electrons. The first kappa shape index (κ1) is 14.3. The molecule has 0 aliphatic carbocycles. The Balaban J connectivity index is 1.75. The summed E-state index contributed by atoms with van der Waals surface area (Å²) in [5.41, 5.74) is 4.40. The molecule has 1 aliphatic heterocycles. The molecule has 0 saturated carbocycles. The first-order chi connectivity index (χ1) is 10.1. The summed E-state index contributed by atoms with van der Waals surface area (Å²) in [7, 11) is 1.84. The molecular weight excluding hydrogens is 328 g/mol. The molecule has 2 aromatic carbocycles. The van der Waals surface area contributed by atoms with E-state index in [1.807, 2.05) is 43.4 Å². The van der Waals surface area contributed by atoms with Crippen molar-refractivity contribution >= 4 is 21.8 Å². The van der Waals surface area contributed by atoms with Crippen LogP contribution in [-0.2, 0) is 19.6 Å². The Hall–Kier alpha value is -1.65. The average molecular weight is 345 g/mol. The van der Waals surface area contributed by atoms with Gasteiger partial charge in [-0.3, -0.25) is 4.79 Å². The van der Waals surface area contributed by atoms with Crippen LogP contribution in [0.2, 0.25) is 0 Å². The lowest BCUT2D eigenvalue weighted by molar-refractivity contribution is 0.0785. The van der Waals surface area contributed by atoms with Crippen molar-refractivity contribution in [3.8, 4) is 0 Å². The summed E-state index contributed by atoms with van der Waals surface area (Å²) in [5.74, 6) is 0.0599. The van der Waals surface area contributed by atoms with E-state index in [1.54, 1.807) is 4.90 Å². The molecule has 3 nitrogen and oxygen atoms in total. The van der Waals surface area contributed by atoms with Crippen molar-refractivity contribution in [3.05, 3.63) is 69.2 Å². The summed E-state index contributed by atoms with van der Waals surface area (Å²) in [5, 5.41) is 3.30. The van der Waals surface area contributed by atoms with Crippen molar-refractivity contribution in [1.29, 1.82) is 0 Å². The minimum atomic E-state index is 0.0599. The van der Waals surface area contributed by atoms with Gasteiger partial charge in [0.05, 0.1) is 0 Å². The third kappa shape index (κ3) is 3.17. The molecule has 3 rings (SSSR count). The van der Waals surface area contributed by atoms with Crippen molar-refractivity contribution < 1.29 is 4.79 Å².